The lowest BCUT2D eigenvalue weighted by molar-refractivity contribution is 0.0472. The van der Waals surface area contributed by atoms with Crippen molar-refractivity contribution in [3.63, 3.8) is 0 Å². The first kappa shape index (κ1) is 37.1. The molecule has 0 radical (unpaired) electrons. The summed E-state index contributed by atoms with van der Waals surface area (Å²) in [4.78, 5) is 20.4. The van der Waals surface area contributed by atoms with Gasteiger partial charge in [0, 0.05) is 25.8 Å². The Balaban J connectivity index is 1.52. The summed E-state index contributed by atoms with van der Waals surface area (Å²) in [5, 5.41) is 0. The molecule has 4 nitrogen and oxygen atoms in total. The van der Waals surface area contributed by atoms with E-state index in [0.29, 0.717) is 5.56 Å². The van der Waals surface area contributed by atoms with Crippen LogP contribution in [0.5, 0.6) is 0 Å². The van der Waals surface area contributed by atoms with Gasteiger partial charge in [0.1, 0.15) is 6.61 Å². The molecule has 256 valence electrons. The zero-order chi connectivity index (χ0) is 35.5. The third-order valence-electron chi connectivity index (χ3n) is 8.94. The number of esters is 1. The van der Waals surface area contributed by atoms with E-state index in [2.05, 4.69) is 154 Å². The molecule has 0 aliphatic heterocycles. The molecule has 0 unspecified atom stereocenters. The predicted molar refractivity (Wildman–Crippen MR) is 200 cm³/mol. The number of hydrogen-bond donors (Lipinski definition) is 0. The molecule has 0 N–H and O–H groups in total. The average molecular weight is 647 g/mol. The van der Waals surface area contributed by atoms with Gasteiger partial charge in [-0.25, -0.2) is 4.79 Å². The molecule has 3 aromatic carbocycles. The van der Waals surface area contributed by atoms with E-state index in [1.165, 1.54) is 22.3 Å². The number of benzene rings is 3. The summed E-state index contributed by atoms with van der Waals surface area (Å²) >= 11 is 0. The fourth-order valence-electron chi connectivity index (χ4n) is 5.64. The molecule has 0 saturated heterocycles. The van der Waals surface area contributed by atoms with Crippen LogP contribution in [0.15, 0.2) is 85.1 Å². The molecule has 0 aliphatic carbocycles. The lowest BCUT2D eigenvalue weighted by Crippen LogP contribution is -2.24. The van der Waals surface area contributed by atoms with E-state index in [9.17, 15) is 4.79 Å². The van der Waals surface area contributed by atoms with Crippen LogP contribution in [0.1, 0.15) is 138 Å². The second kappa shape index (κ2) is 14.4. The smallest absolute Gasteiger partial charge is 0.338 e. The van der Waals surface area contributed by atoms with E-state index < -0.39 is 0 Å². The third-order valence-corrected chi connectivity index (χ3v) is 8.94. The number of rotatable bonds is 9. The van der Waals surface area contributed by atoms with Crippen molar-refractivity contribution >= 4 is 5.97 Å². The maximum absolute atomic E-state index is 13.3. The highest BCUT2D eigenvalue weighted by atomic mass is 16.5. The lowest BCUT2D eigenvalue weighted by atomic mass is 9.79. The summed E-state index contributed by atoms with van der Waals surface area (Å²) in [6.45, 7) is 29.3. The zero-order valence-corrected chi connectivity index (χ0v) is 31.6. The number of hydrogen-bond acceptors (Lipinski definition) is 4. The molecule has 0 fully saturated rings. The van der Waals surface area contributed by atoms with Crippen LogP contribution in [0, 0.1) is 0 Å². The number of nitrogens with zero attached hydrogens (tertiary/aromatic N) is 2. The van der Waals surface area contributed by atoms with E-state index in [-0.39, 0.29) is 34.2 Å². The summed E-state index contributed by atoms with van der Waals surface area (Å²) in [5.41, 5.74) is 10.1. The molecule has 4 aromatic rings. The predicted octanol–water partition coefficient (Wildman–Crippen LogP) is 10.8. The van der Waals surface area contributed by atoms with Gasteiger partial charge in [-0.05, 0) is 84.9 Å². The number of aromatic nitrogens is 1. The van der Waals surface area contributed by atoms with Gasteiger partial charge >= 0.3 is 5.97 Å². The fraction of sp³-hybridized carbons (Fsp3) is 0.455. The SMILES string of the molecule is CC(C)(C)c1cc(CN(Cc2ccc(COC(=O)c3cc(C(C)(C)C)cc(C(C)(C)C)c3)cc2)Cc2ccccn2)cc(C(C)(C)C)c1. The Hall–Kier alpha value is -3.76. The molecule has 0 aliphatic rings. The molecule has 0 amide bonds. The minimum Gasteiger partial charge on any atom is -0.457 e. The largest absolute Gasteiger partial charge is 0.457 e. The van der Waals surface area contributed by atoms with Gasteiger partial charge in [-0.15, -0.1) is 0 Å². The van der Waals surface area contributed by atoms with Gasteiger partial charge in [0.2, 0.25) is 0 Å². The number of ether oxygens (including phenoxy) is 1. The van der Waals surface area contributed by atoms with Crippen molar-refractivity contribution in [2.45, 2.75) is 131 Å². The van der Waals surface area contributed by atoms with Crippen LogP contribution in [-0.4, -0.2) is 15.9 Å². The van der Waals surface area contributed by atoms with Gasteiger partial charge < -0.3 is 4.74 Å². The van der Waals surface area contributed by atoms with E-state index in [4.69, 9.17) is 4.74 Å². The Morgan fingerprint density at radius 1 is 0.562 bits per heavy atom. The van der Waals surface area contributed by atoms with Crippen LogP contribution < -0.4 is 0 Å². The molecule has 4 heteroatoms. The monoisotopic (exact) mass is 646 g/mol. The van der Waals surface area contributed by atoms with Gasteiger partial charge in [0.05, 0.1) is 11.3 Å². The quantitative estimate of drug-likeness (QED) is 0.170. The molecule has 0 spiro atoms. The molecule has 48 heavy (non-hydrogen) atoms. The van der Waals surface area contributed by atoms with E-state index in [0.717, 1.165) is 42.0 Å². The van der Waals surface area contributed by atoms with Crippen molar-refractivity contribution in [1.29, 1.82) is 0 Å². The van der Waals surface area contributed by atoms with Crippen molar-refractivity contribution in [3.8, 4) is 0 Å². The van der Waals surface area contributed by atoms with Crippen molar-refractivity contribution in [1.82, 2.24) is 9.88 Å². The molecule has 0 saturated carbocycles. The number of carbonyl (C=O) groups is 1. The van der Waals surface area contributed by atoms with Gasteiger partial charge in [-0.2, -0.15) is 0 Å². The number of carbonyl (C=O) groups excluding carboxylic acids is 1. The van der Waals surface area contributed by atoms with Gasteiger partial charge in [-0.3, -0.25) is 9.88 Å². The second-order valence-electron chi connectivity index (χ2n) is 17.6. The molecule has 0 bridgehead atoms. The van der Waals surface area contributed by atoms with Crippen LogP contribution >= 0.6 is 0 Å². The summed E-state index contributed by atoms with van der Waals surface area (Å²) < 4.78 is 5.85. The fourth-order valence-corrected chi connectivity index (χ4v) is 5.64. The minimum atomic E-state index is -0.288. The molecule has 0 atom stereocenters. The van der Waals surface area contributed by atoms with Crippen molar-refractivity contribution in [3.05, 3.63) is 135 Å². The molecular formula is C44H58N2O2. The second-order valence-corrected chi connectivity index (χ2v) is 17.6. The van der Waals surface area contributed by atoms with Crippen LogP contribution in [0.3, 0.4) is 0 Å². The summed E-state index contributed by atoms with van der Waals surface area (Å²) in [7, 11) is 0. The van der Waals surface area contributed by atoms with Crippen molar-refractivity contribution < 1.29 is 9.53 Å². The van der Waals surface area contributed by atoms with Crippen molar-refractivity contribution in [2.75, 3.05) is 0 Å². The van der Waals surface area contributed by atoms with E-state index in [1.807, 2.05) is 24.4 Å². The highest BCUT2D eigenvalue weighted by Crippen LogP contribution is 2.32. The standard InChI is InChI=1S/C44H58N2O2/c1-41(2,3)35-21-33(22-36(25-35)42(4,5)6)28-46(29-39-15-13-14-20-45-39)27-31-16-18-32(19-17-31)30-48-40(47)34-23-37(43(7,8)9)26-38(24-34)44(10,11)12/h13-26H,27-30H2,1-12H3. The van der Waals surface area contributed by atoms with E-state index >= 15 is 0 Å². The Bertz CT molecular complexity index is 1610. The minimum absolute atomic E-state index is 0.0609. The Morgan fingerprint density at radius 3 is 1.48 bits per heavy atom. The van der Waals surface area contributed by atoms with Crippen LogP contribution in [0.25, 0.3) is 0 Å². The first-order valence-electron chi connectivity index (χ1n) is 17.4. The normalized spacial score (nSPS) is 12.8. The van der Waals surface area contributed by atoms with Gasteiger partial charge in [0.25, 0.3) is 0 Å². The zero-order valence-electron chi connectivity index (χ0n) is 31.6. The summed E-state index contributed by atoms with van der Waals surface area (Å²) in [6, 6.07) is 27.9. The molecule has 4 rings (SSSR count). The Labute approximate surface area is 291 Å². The van der Waals surface area contributed by atoms with Crippen LogP contribution in [0.2, 0.25) is 0 Å². The third kappa shape index (κ3) is 10.4. The first-order chi connectivity index (χ1) is 22.2. The highest BCUT2D eigenvalue weighted by Gasteiger charge is 2.24. The highest BCUT2D eigenvalue weighted by molar-refractivity contribution is 5.90. The van der Waals surface area contributed by atoms with Crippen LogP contribution in [-0.2, 0) is 52.6 Å². The molecule has 1 aromatic heterocycles. The lowest BCUT2D eigenvalue weighted by Gasteiger charge is -2.28. The van der Waals surface area contributed by atoms with Crippen LogP contribution in [0.4, 0.5) is 0 Å². The Morgan fingerprint density at radius 2 is 1.02 bits per heavy atom. The van der Waals surface area contributed by atoms with Gasteiger partial charge in [-0.1, -0.05) is 138 Å². The summed E-state index contributed by atoms with van der Waals surface area (Å²) in [5.74, 6) is -0.288. The molecular weight excluding hydrogens is 588 g/mol. The first-order valence-corrected chi connectivity index (χ1v) is 17.4. The Kier molecular flexibility index (Phi) is 11.1. The summed E-state index contributed by atoms with van der Waals surface area (Å²) in [6.07, 6.45) is 1.87. The topological polar surface area (TPSA) is 42.4 Å². The number of pyridine rings is 1. The van der Waals surface area contributed by atoms with Crippen molar-refractivity contribution in [2.24, 2.45) is 0 Å². The average Bonchev–Trinajstić information content (AvgIpc) is 2.99. The van der Waals surface area contributed by atoms with E-state index in [1.54, 1.807) is 0 Å². The molecule has 1 heterocycles. The van der Waals surface area contributed by atoms with Gasteiger partial charge in [0.15, 0.2) is 0 Å². The maximum Gasteiger partial charge on any atom is 0.338 e. The maximum atomic E-state index is 13.3.